The molecule has 0 saturated carbocycles. The number of para-hydroxylation sites is 1. The minimum Gasteiger partial charge on any atom is -0.322 e. The molecule has 130 valence electrons. The van der Waals surface area contributed by atoms with Gasteiger partial charge in [-0.1, -0.05) is 12.1 Å². The zero-order valence-corrected chi connectivity index (χ0v) is 13.2. The summed E-state index contributed by atoms with van der Waals surface area (Å²) >= 11 is 0. The molecule has 3 aromatic rings. The lowest BCUT2D eigenvalue weighted by atomic mass is 10.1. The van der Waals surface area contributed by atoms with Crippen molar-refractivity contribution in [2.45, 2.75) is 0 Å². The summed E-state index contributed by atoms with van der Waals surface area (Å²) in [5.74, 6) is -1.13. The summed E-state index contributed by atoms with van der Waals surface area (Å²) in [6.45, 7) is 0. The van der Waals surface area contributed by atoms with Crippen molar-refractivity contribution in [2.75, 3.05) is 5.32 Å². The predicted octanol–water partition coefficient (Wildman–Crippen LogP) is 2.97. The van der Waals surface area contributed by atoms with Gasteiger partial charge in [0, 0.05) is 17.8 Å². The molecule has 0 atom stereocenters. The maximum Gasteiger partial charge on any atom is 0.276 e. The lowest BCUT2D eigenvalue weighted by Gasteiger charge is -2.06. The van der Waals surface area contributed by atoms with Gasteiger partial charge in [0.25, 0.3) is 5.69 Å². The predicted molar refractivity (Wildman–Crippen MR) is 92.1 cm³/mol. The first-order valence-corrected chi connectivity index (χ1v) is 7.41. The number of benzene rings is 2. The van der Waals surface area contributed by atoms with Crippen molar-refractivity contribution in [3.8, 4) is 5.69 Å². The number of amides is 1. The number of carbonyl (C=O) groups excluding carboxylic acids is 1. The number of hydrogen-bond donors (Lipinski definition) is 1. The zero-order valence-electron chi connectivity index (χ0n) is 13.2. The first-order valence-electron chi connectivity index (χ1n) is 7.41. The standard InChI is InChI=1S/C17H12FN5O3/c18-14-9-13(6-7-16(14)22-11-19-10-20-22)21-17(24)8-5-12-3-1-2-4-15(12)23(25)26/h1-11H,(H,21,24)/b8-5+. The number of aromatic nitrogens is 3. The van der Waals surface area contributed by atoms with Gasteiger partial charge in [-0.15, -0.1) is 0 Å². The molecule has 1 amide bonds. The third kappa shape index (κ3) is 3.78. The number of nitro groups is 1. The molecule has 1 heterocycles. The molecule has 3 rings (SSSR count). The van der Waals surface area contributed by atoms with Gasteiger partial charge in [0.15, 0.2) is 5.82 Å². The van der Waals surface area contributed by atoms with Crippen LogP contribution in [0.25, 0.3) is 11.8 Å². The Kier molecular flexibility index (Phi) is 4.79. The van der Waals surface area contributed by atoms with Crippen LogP contribution in [0.3, 0.4) is 0 Å². The second-order valence-electron chi connectivity index (χ2n) is 5.14. The molecule has 2 aromatic carbocycles. The highest BCUT2D eigenvalue weighted by Gasteiger charge is 2.10. The zero-order chi connectivity index (χ0) is 18.5. The fourth-order valence-electron chi connectivity index (χ4n) is 2.25. The largest absolute Gasteiger partial charge is 0.322 e. The Morgan fingerprint density at radius 3 is 2.77 bits per heavy atom. The fraction of sp³-hybridized carbons (Fsp3) is 0. The van der Waals surface area contributed by atoms with E-state index in [1.165, 1.54) is 53.7 Å². The van der Waals surface area contributed by atoms with Crippen molar-refractivity contribution in [3.63, 3.8) is 0 Å². The highest BCUT2D eigenvalue weighted by atomic mass is 19.1. The Labute approximate surface area is 146 Å². The SMILES string of the molecule is O=C(/C=C/c1ccccc1[N+](=O)[O-])Nc1ccc(-n2cncn2)c(F)c1. The van der Waals surface area contributed by atoms with Crippen molar-refractivity contribution in [2.24, 2.45) is 0 Å². The second-order valence-corrected chi connectivity index (χ2v) is 5.14. The van der Waals surface area contributed by atoms with Gasteiger partial charge in [0.2, 0.25) is 5.91 Å². The van der Waals surface area contributed by atoms with Gasteiger partial charge in [0.1, 0.15) is 18.3 Å². The molecule has 26 heavy (non-hydrogen) atoms. The molecule has 0 aliphatic rings. The van der Waals surface area contributed by atoms with E-state index in [4.69, 9.17) is 0 Å². The summed E-state index contributed by atoms with van der Waals surface area (Å²) in [6.07, 6.45) is 5.11. The smallest absolute Gasteiger partial charge is 0.276 e. The van der Waals surface area contributed by atoms with Gasteiger partial charge in [-0.25, -0.2) is 14.1 Å². The Balaban J connectivity index is 1.73. The van der Waals surface area contributed by atoms with Gasteiger partial charge < -0.3 is 5.32 Å². The van der Waals surface area contributed by atoms with Crippen molar-refractivity contribution in [1.29, 1.82) is 0 Å². The van der Waals surface area contributed by atoms with Crippen LogP contribution in [-0.2, 0) is 4.79 Å². The number of halogens is 1. The van der Waals surface area contributed by atoms with E-state index in [1.807, 2.05) is 0 Å². The number of hydrogen-bond acceptors (Lipinski definition) is 5. The summed E-state index contributed by atoms with van der Waals surface area (Å²) in [5.41, 5.74) is 0.611. The number of carbonyl (C=O) groups is 1. The Hall–Kier alpha value is -3.88. The van der Waals surface area contributed by atoms with Crippen molar-refractivity contribution in [3.05, 3.63) is 82.7 Å². The summed E-state index contributed by atoms with van der Waals surface area (Å²) in [7, 11) is 0. The molecule has 8 nitrogen and oxygen atoms in total. The van der Waals surface area contributed by atoms with Gasteiger partial charge >= 0.3 is 0 Å². The van der Waals surface area contributed by atoms with Gasteiger partial charge in [-0.3, -0.25) is 14.9 Å². The number of nitro benzene ring substituents is 1. The lowest BCUT2D eigenvalue weighted by Crippen LogP contribution is -2.09. The van der Waals surface area contributed by atoms with E-state index in [0.29, 0.717) is 5.56 Å². The van der Waals surface area contributed by atoms with E-state index in [9.17, 15) is 19.3 Å². The molecule has 0 saturated heterocycles. The maximum atomic E-state index is 14.1. The molecule has 0 bridgehead atoms. The van der Waals surface area contributed by atoms with E-state index < -0.39 is 16.6 Å². The van der Waals surface area contributed by atoms with Gasteiger partial charge in [0.05, 0.1) is 10.5 Å². The van der Waals surface area contributed by atoms with E-state index in [2.05, 4.69) is 15.4 Å². The monoisotopic (exact) mass is 353 g/mol. The van der Waals surface area contributed by atoms with Crippen LogP contribution in [0.15, 0.2) is 61.2 Å². The molecule has 9 heteroatoms. The van der Waals surface area contributed by atoms with Crippen LogP contribution in [0, 0.1) is 15.9 Å². The Morgan fingerprint density at radius 1 is 1.27 bits per heavy atom. The van der Waals surface area contributed by atoms with Crippen molar-refractivity contribution in [1.82, 2.24) is 14.8 Å². The maximum absolute atomic E-state index is 14.1. The lowest BCUT2D eigenvalue weighted by molar-refractivity contribution is -0.385. The van der Waals surface area contributed by atoms with Crippen LogP contribution in [0.1, 0.15) is 5.56 Å². The summed E-state index contributed by atoms with van der Waals surface area (Å²) in [5, 5.41) is 17.3. The van der Waals surface area contributed by atoms with Crippen molar-refractivity contribution >= 4 is 23.4 Å². The molecule has 0 aliphatic heterocycles. The Bertz CT molecular complexity index is 986. The molecular formula is C17H12FN5O3. The van der Waals surface area contributed by atoms with E-state index in [-0.39, 0.29) is 17.1 Å². The van der Waals surface area contributed by atoms with Gasteiger partial charge in [-0.2, -0.15) is 5.10 Å². The summed E-state index contributed by atoms with van der Waals surface area (Å²) < 4.78 is 15.4. The highest BCUT2D eigenvalue weighted by molar-refractivity contribution is 6.02. The summed E-state index contributed by atoms with van der Waals surface area (Å²) in [6, 6.07) is 10.1. The second kappa shape index (κ2) is 7.34. The minimum absolute atomic E-state index is 0.111. The normalized spacial score (nSPS) is 10.8. The van der Waals surface area contributed by atoms with Crippen LogP contribution in [0.4, 0.5) is 15.8 Å². The van der Waals surface area contributed by atoms with Crippen molar-refractivity contribution < 1.29 is 14.1 Å². The molecule has 0 unspecified atom stereocenters. The number of anilines is 1. The molecule has 0 radical (unpaired) electrons. The van der Waals surface area contributed by atoms with Crippen LogP contribution in [-0.4, -0.2) is 25.6 Å². The number of nitrogens with zero attached hydrogens (tertiary/aromatic N) is 4. The van der Waals surface area contributed by atoms with E-state index >= 15 is 0 Å². The van der Waals surface area contributed by atoms with Crippen LogP contribution >= 0.6 is 0 Å². The first kappa shape index (κ1) is 17.0. The molecule has 0 fully saturated rings. The fourth-order valence-corrected chi connectivity index (χ4v) is 2.25. The van der Waals surface area contributed by atoms with E-state index in [0.717, 1.165) is 12.1 Å². The average Bonchev–Trinajstić information content (AvgIpc) is 3.14. The summed E-state index contributed by atoms with van der Waals surface area (Å²) in [4.78, 5) is 26.1. The number of nitrogens with one attached hydrogen (secondary N) is 1. The highest BCUT2D eigenvalue weighted by Crippen LogP contribution is 2.20. The Morgan fingerprint density at radius 2 is 2.08 bits per heavy atom. The number of rotatable bonds is 5. The molecular weight excluding hydrogens is 341 g/mol. The van der Waals surface area contributed by atoms with Crippen LogP contribution in [0.5, 0.6) is 0 Å². The first-order chi connectivity index (χ1) is 12.5. The molecule has 1 aromatic heterocycles. The topological polar surface area (TPSA) is 103 Å². The molecule has 0 spiro atoms. The third-order valence-electron chi connectivity index (χ3n) is 3.43. The van der Waals surface area contributed by atoms with Gasteiger partial charge in [-0.05, 0) is 30.3 Å². The molecule has 1 N–H and O–H groups in total. The average molecular weight is 353 g/mol. The quantitative estimate of drug-likeness (QED) is 0.431. The van der Waals surface area contributed by atoms with Crippen LogP contribution in [0.2, 0.25) is 0 Å². The third-order valence-corrected chi connectivity index (χ3v) is 3.43. The van der Waals surface area contributed by atoms with E-state index in [1.54, 1.807) is 6.07 Å². The minimum atomic E-state index is -0.587. The van der Waals surface area contributed by atoms with Crippen LogP contribution < -0.4 is 5.32 Å². The molecule has 0 aliphatic carbocycles.